The second-order valence-corrected chi connectivity index (χ2v) is 10.8. The Morgan fingerprint density at radius 1 is 1.12 bits per heavy atom. The number of likely N-dealkylation sites (tertiary alicyclic amines) is 2. The van der Waals surface area contributed by atoms with Crippen molar-refractivity contribution in [2.45, 2.75) is 26.2 Å². The summed E-state index contributed by atoms with van der Waals surface area (Å²) in [5, 5.41) is 10.7. The number of aromatic nitrogens is 3. The van der Waals surface area contributed by atoms with Crippen LogP contribution in [-0.4, -0.2) is 62.4 Å². The zero-order chi connectivity index (χ0) is 22.1. The molecule has 0 aromatic carbocycles. The Labute approximate surface area is 198 Å². The Kier molecular flexibility index (Phi) is 5.92. The predicted molar refractivity (Wildman–Crippen MR) is 128 cm³/mol. The van der Waals surface area contributed by atoms with Gasteiger partial charge in [0.15, 0.2) is 0 Å². The Hall–Kier alpha value is -2.43. The minimum atomic E-state index is -0.00305. The molecule has 3 aromatic heterocycles. The highest BCUT2D eigenvalue weighted by atomic mass is 32.1. The van der Waals surface area contributed by atoms with Crippen LogP contribution in [0.1, 0.15) is 41.0 Å². The smallest absolute Gasteiger partial charge is 0.273 e. The maximum Gasteiger partial charge on any atom is 0.273 e. The van der Waals surface area contributed by atoms with E-state index in [0.29, 0.717) is 5.69 Å². The van der Waals surface area contributed by atoms with E-state index < -0.39 is 0 Å². The second-order valence-electron chi connectivity index (χ2n) is 8.42. The normalized spacial score (nSPS) is 18.2. The molecule has 2 saturated heterocycles. The molecular formula is C22H23N5O2S3. The van der Waals surface area contributed by atoms with Gasteiger partial charge in [0.2, 0.25) is 5.91 Å². The lowest BCUT2D eigenvalue weighted by molar-refractivity contribution is -0.128. The molecular weight excluding hydrogens is 462 g/mol. The molecule has 2 fully saturated rings. The van der Waals surface area contributed by atoms with E-state index in [1.807, 2.05) is 45.0 Å². The number of hydrogen-bond acceptors (Lipinski definition) is 8. The number of piperidine rings is 1. The highest BCUT2D eigenvalue weighted by Crippen LogP contribution is 2.41. The zero-order valence-electron chi connectivity index (χ0n) is 17.7. The number of amides is 2. The summed E-state index contributed by atoms with van der Waals surface area (Å²) in [7, 11) is 0. The van der Waals surface area contributed by atoms with E-state index in [9.17, 15) is 9.59 Å². The van der Waals surface area contributed by atoms with Crippen LogP contribution in [0, 0.1) is 12.3 Å². The van der Waals surface area contributed by atoms with Crippen molar-refractivity contribution in [3.05, 3.63) is 45.2 Å². The predicted octanol–water partition coefficient (Wildman–Crippen LogP) is 4.20. The van der Waals surface area contributed by atoms with Gasteiger partial charge < -0.3 is 9.80 Å². The average Bonchev–Trinajstić information content (AvgIpc) is 3.59. The van der Waals surface area contributed by atoms with Crippen LogP contribution < -0.4 is 0 Å². The number of carbonyl (C=O) groups is 2. The molecule has 0 N–H and O–H groups in total. The summed E-state index contributed by atoms with van der Waals surface area (Å²) in [5.41, 5.74) is 2.52. The molecule has 0 atom stereocenters. The number of hydrogen-bond donors (Lipinski definition) is 0. The fourth-order valence-corrected chi connectivity index (χ4v) is 6.64. The number of thiophene rings is 1. The molecule has 1 spiro atoms. The average molecular weight is 486 g/mol. The topological polar surface area (TPSA) is 79.3 Å². The van der Waals surface area contributed by atoms with E-state index in [-0.39, 0.29) is 17.2 Å². The summed E-state index contributed by atoms with van der Waals surface area (Å²) < 4.78 is 3.96. The lowest BCUT2D eigenvalue weighted by Crippen LogP contribution is -2.44. The van der Waals surface area contributed by atoms with Crippen LogP contribution in [0.5, 0.6) is 0 Å². The van der Waals surface area contributed by atoms with Gasteiger partial charge in [0.05, 0.1) is 5.69 Å². The zero-order valence-corrected chi connectivity index (χ0v) is 20.1. The van der Waals surface area contributed by atoms with Crippen molar-refractivity contribution >= 4 is 52.1 Å². The van der Waals surface area contributed by atoms with E-state index in [0.717, 1.165) is 66.6 Å². The van der Waals surface area contributed by atoms with Gasteiger partial charge in [-0.3, -0.25) is 9.59 Å². The maximum atomic E-state index is 13.1. The molecule has 0 unspecified atom stereocenters. The number of thiazole rings is 1. The minimum absolute atomic E-state index is 0.00305. The number of carbonyl (C=O) groups excluding carboxylic acids is 2. The Morgan fingerprint density at radius 3 is 2.59 bits per heavy atom. The highest BCUT2D eigenvalue weighted by molar-refractivity contribution is 7.18. The SMILES string of the molecule is Cc1nnsc1-c1nc(C(=O)N2CCC3(CCN(C(=O)/C=C/c4ccsc4)CC3)C2)cs1. The van der Waals surface area contributed by atoms with Crippen molar-refractivity contribution < 1.29 is 9.59 Å². The van der Waals surface area contributed by atoms with Crippen molar-refractivity contribution in [2.75, 3.05) is 26.2 Å². The van der Waals surface area contributed by atoms with E-state index in [1.165, 1.54) is 22.9 Å². The molecule has 5 rings (SSSR count). The van der Waals surface area contributed by atoms with Gasteiger partial charge in [-0.1, -0.05) is 4.49 Å². The van der Waals surface area contributed by atoms with Crippen LogP contribution >= 0.6 is 34.2 Å². The monoisotopic (exact) mass is 485 g/mol. The van der Waals surface area contributed by atoms with E-state index >= 15 is 0 Å². The van der Waals surface area contributed by atoms with Crippen LogP contribution in [0.15, 0.2) is 28.3 Å². The first-order chi connectivity index (χ1) is 15.5. The summed E-state index contributed by atoms with van der Waals surface area (Å²) in [6.07, 6.45) is 6.40. The fraction of sp³-hybridized carbons (Fsp3) is 0.409. The molecule has 0 aliphatic carbocycles. The molecule has 2 aliphatic rings. The lowest BCUT2D eigenvalue weighted by Gasteiger charge is -2.38. The number of aryl methyl sites for hydroxylation is 1. The number of rotatable bonds is 4. The van der Waals surface area contributed by atoms with Gasteiger partial charge in [-0.05, 0) is 71.6 Å². The second kappa shape index (κ2) is 8.84. The third-order valence-corrected chi connectivity index (χ3v) is 8.92. The largest absolute Gasteiger partial charge is 0.339 e. The first-order valence-electron chi connectivity index (χ1n) is 10.6. The summed E-state index contributed by atoms with van der Waals surface area (Å²) in [4.78, 5) is 35.0. The van der Waals surface area contributed by atoms with Crippen LogP contribution in [-0.2, 0) is 4.79 Å². The van der Waals surface area contributed by atoms with Crippen molar-refractivity contribution in [2.24, 2.45) is 5.41 Å². The van der Waals surface area contributed by atoms with Gasteiger partial charge in [-0.15, -0.1) is 16.4 Å². The van der Waals surface area contributed by atoms with Gasteiger partial charge in [-0.25, -0.2) is 4.98 Å². The van der Waals surface area contributed by atoms with E-state index in [1.54, 1.807) is 17.4 Å². The van der Waals surface area contributed by atoms with Gasteiger partial charge >= 0.3 is 0 Å². The summed E-state index contributed by atoms with van der Waals surface area (Å²) in [6.45, 7) is 4.88. The van der Waals surface area contributed by atoms with E-state index in [4.69, 9.17) is 0 Å². The maximum absolute atomic E-state index is 13.1. The summed E-state index contributed by atoms with van der Waals surface area (Å²) >= 11 is 4.40. The molecule has 10 heteroatoms. The lowest BCUT2D eigenvalue weighted by atomic mass is 9.78. The molecule has 2 aliphatic heterocycles. The third kappa shape index (κ3) is 4.26. The van der Waals surface area contributed by atoms with Gasteiger partial charge in [0.25, 0.3) is 5.91 Å². The van der Waals surface area contributed by atoms with Crippen LogP contribution in [0.4, 0.5) is 0 Å². The molecule has 0 bridgehead atoms. The molecule has 0 saturated carbocycles. The van der Waals surface area contributed by atoms with Crippen LogP contribution in [0.3, 0.4) is 0 Å². The first-order valence-corrected chi connectivity index (χ1v) is 13.2. The highest BCUT2D eigenvalue weighted by Gasteiger charge is 2.43. The van der Waals surface area contributed by atoms with Gasteiger partial charge in [0, 0.05) is 37.6 Å². The third-order valence-electron chi connectivity index (χ3n) is 6.39. The molecule has 2 amide bonds. The Bertz CT molecular complexity index is 1140. The van der Waals surface area contributed by atoms with Gasteiger partial charge in [-0.2, -0.15) is 11.3 Å². The molecule has 0 radical (unpaired) electrons. The summed E-state index contributed by atoms with van der Waals surface area (Å²) in [5.74, 6) is 0.0662. The van der Waals surface area contributed by atoms with Crippen LogP contribution in [0.2, 0.25) is 0 Å². The molecule has 5 heterocycles. The van der Waals surface area contributed by atoms with Gasteiger partial charge in [0.1, 0.15) is 15.6 Å². The molecule has 7 nitrogen and oxygen atoms in total. The Balaban J connectivity index is 1.18. The fourth-order valence-electron chi connectivity index (χ4n) is 4.43. The van der Waals surface area contributed by atoms with Crippen LogP contribution in [0.25, 0.3) is 16.0 Å². The summed E-state index contributed by atoms with van der Waals surface area (Å²) in [6, 6.07) is 2.00. The quantitative estimate of drug-likeness (QED) is 0.518. The number of nitrogens with zero attached hydrogens (tertiary/aromatic N) is 5. The van der Waals surface area contributed by atoms with Crippen molar-refractivity contribution in [1.29, 1.82) is 0 Å². The van der Waals surface area contributed by atoms with Crippen molar-refractivity contribution in [1.82, 2.24) is 24.4 Å². The Morgan fingerprint density at radius 2 is 1.91 bits per heavy atom. The molecule has 166 valence electrons. The first kappa shape index (κ1) is 21.4. The van der Waals surface area contributed by atoms with E-state index in [2.05, 4.69) is 14.6 Å². The minimum Gasteiger partial charge on any atom is -0.339 e. The molecule has 32 heavy (non-hydrogen) atoms. The van der Waals surface area contributed by atoms with Crippen molar-refractivity contribution in [3.63, 3.8) is 0 Å². The standard InChI is InChI=1S/C22H23N5O2S3/c1-15-19(32-25-24-15)20-23-17(13-31-20)21(29)27-10-7-22(14-27)5-8-26(9-6-22)18(28)3-2-16-4-11-30-12-16/h2-4,11-13H,5-10,14H2,1H3/b3-2+. The molecule has 3 aromatic rings. The van der Waals surface area contributed by atoms with Crippen molar-refractivity contribution in [3.8, 4) is 9.88 Å².